The minimum absolute atomic E-state index is 0.0236. The maximum atomic E-state index is 12.4. The molecule has 9 heteroatoms. The number of nitrogens with zero attached hydrogens (tertiary/aromatic N) is 1. The summed E-state index contributed by atoms with van der Waals surface area (Å²) in [5.41, 5.74) is 2.99. The Hall–Kier alpha value is -2.91. The number of rotatable bonds is 8. The van der Waals surface area contributed by atoms with Crippen LogP contribution in [0.2, 0.25) is 0 Å². The summed E-state index contributed by atoms with van der Waals surface area (Å²) in [7, 11) is -2.28. The molecule has 0 saturated carbocycles. The van der Waals surface area contributed by atoms with E-state index in [-0.39, 0.29) is 29.4 Å². The van der Waals surface area contributed by atoms with E-state index in [0.29, 0.717) is 18.5 Å². The third kappa shape index (κ3) is 5.12. The highest BCUT2D eigenvalue weighted by molar-refractivity contribution is 7.89. The van der Waals surface area contributed by atoms with E-state index in [2.05, 4.69) is 10.0 Å². The lowest BCUT2D eigenvalue weighted by atomic mass is 10.1. The van der Waals surface area contributed by atoms with Crippen LogP contribution in [0.1, 0.15) is 17.5 Å². The van der Waals surface area contributed by atoms with Crippen molar-refractivity contribution in [3.05, 3.63) is 64.1 Å². The first-order valence-electron chi connectivity index (χ1n) is 9.18. The van der Waals surface area contributed by atoms with Gasteiger partial charge in [-0.2, -0.15) is 0 Å². The van der Waals surface area contributed by atoms with Gasteiger partial charge in [0.15, 0.2) is 5.58 Å². The Morgan fingerprint density at radius 1 is 1.10 bits per heavy atom. The molecule has 2 aromatic carbocycles. The van der Waals surface area contributed by atoms with Crippen molar-refractivity contribution in [3.63, 3.8) is 0 Å². The molecular formula is C20H23N3O5S. The van der Waals surface area contributed by atoms with Crippen molar-refractivity contribution in [1.29, 1.82) is 0 Å². The topological polar surface area (TPSA) is 110 Å². The quantitative estimate of drug-likeness (QED) is 0.577. The zero-order valence-electron chi connectivity index (χ0n) is 16.3. The molecule has 0 atom stereocenters. The van der Waals surface area contributed by atoms with Crippen LogP contribution in [0.4, 0.5) is 0 Å². The summed E-state index contributed by atoms with van der Waals surface area (Å²) in [4.78, 5) is 23.4. The molecule has 154 valence electrons. The molecule has 29 heavy (non-hydrogen) atoms. The highest BCUT2D eigenvalue weighted by atomic mass is 32.2. The summed E-state index contributed by atoms with van der Waals surface area (Å²) < 4.78 is 33.5. The normalized spacial score (nSPS) is 11.7. The summed E-state index contributed by atoms with van der Waals surface area (Å²) in [5, 5.41) is 2.78. The van der Waals surface area contributed by atoms with Crippen molar-refractivity contribution in [2.75, 3.05) is 13.1 Å². The molecule has 0 aliphatic heterocycles. The van der Waals surface area contributed by atoms with Gasteiger partial charge in [0.2, 0.25) is 15.9 Å². The molecule has 0 aliphatic carbocycles. The predicted octanol–water partition coefficient (Wildman–Crippen LogP) is 1.47. The van der Waals surface area contributed by atoms with Crippen molar-refractivity contribution in [1.82, 2.24) is 14.6 Å². The van der Waals surface area contributed by atoms with Gasteiger partial charge in [0.25, 0.3) is 0 Å². The van der Waals surface area contributed by atoms with Crippen LogP contribution in [0.15, 0.2) is 56.6 Å². The average molecular weight is 417 g/mol. The van der Waals surface area contributed by atoms with Crippen LogP contribution < -0.4 is 15.8 Å². The Kier molecular flexibility index (Phi) is 6.19. The SMILES string of the molecule is Cc1ccc(CCNC(=O)CCNS(=O)(=O)c2ccc3c(c2)oc(=O)n3C)cc1. The van der Waals surface area contributed by atoms with E-state index in [4.69, 9.17) is 4.42 Å². The van der Waals surface area contributed by atoms with Crippen molar-refractivity contribution in [2.45, 2.75) is 24.7 Å². The number of hydrogen-bond acceptors (Lipinski definition) is 5. The minimum Gasteiger partial charge on any atom is -0.408 e. The number of oxazole rings is 1. The number of carbonyl (C=O) groups excluding carboxylic acids is 1. The molecule has 0 bridgehead atoms. The fraction of sp³-hybridized carbons (Fsp3) is 0.300. The van der Waals surface area contributed by atoms with E-state index in [0.717, 1.165) is 5.56 Å². The molecule has 1 heterocycles. The number of amides is 1. The second kappa shape index (κ2) is 8.62. The summed E-state index contributed by atoms with van der Waals surface area (Å²) in [6.45, 7) is 2.47. The fourth-order valence-corrected chi connectivity index (χ4v) is 3.90. The molecule has 0 radical (unpaired) electrons. The maximum absolute atomic E-state index is 12.4. The molecular weight excluding hydrogens is 394 g/mol. The highest BCUT2D eigenvalue weighted by Crippen LogP contribution is 2.17. The first-order valence-corrected chi connectivity index (χ1v) is 10.7. The van der Waals surface area contributed by atoms with E-state index in [1.165, 1.54) is 35.4 Å². The van der Waals surface area contributed by atoms with Crippen molar-refractivity contribution >= 4 is 27.0 Å². The van der Waals surface area contributed by atoms with Gasteiger partial charge in [0.1, 0.15) is 0 Å². The number of nitrogens with one attached hydrogen (secondary N) is 2. The molecule has 0 unspecified atom stereocenters. The number of aryl methyl sites for hydroxylation is 2. The van der Waals surface area contributed by atoms with Gasteiger partial charge in [0.05, 0.1) is 10.4 Å². The Morgan fingerprint density at radius 3 is 2.55 bits per heavy atom. The van der Waals surface area contributed by atoms with Crippen LogP contribution in [0.3, 0.4) is 0 Å². The van der Waals surface area contributed by atoms with E-state index in [1.54, 1.807) is 0 Å². The van der Waals surface area contributed by atoms with Crippen molar-refractivity contribution in [3.8, 4) is 0 Å². The number of carbonyl (C=O) groups is 1. The van der Waals surface area contributed by atoms with Gasteiger partial charge in [0, 0.05) is 32.6 Å². The molecule has 2 N–H and O–H groups in total. The van der Waals surface area contributed by atoms with Crippen LogP contribution >= 0.6 is 0 Å². The predicted molar refractivity (Wildman–Crippen MR) is 109 cm³/mol. The smallest absolute Gasteiger partial charge is 0.408 e. The first-order chi connectivity index (χ1) is 13.8. The lowest BCUT2D eigenvalue weighted by molar-refractivity contribution is -0.120. The van der Waals surface area contributed by atoms with E-state index in [9.17, 15) is 18.0 Å². The molecule has 0 spiro atoms. The largest absolute Gasteiger partial charge is 0.419 e. The molecule has 0 fully saturated rings. The van der Waals surface area contributed by atoms with Gasteiger partial charge < -0.3 is 9.73 Å². The summed E-state index contributed by atoms with van der Waals surface area (Å²) >= 11 is 0. The lowest BCUT2D eigenvalue weighted by Crippen LogP contribution is -2.31. The zero-order valence-corrected chi connectivity index (χ0v) is 17.1. The van der Waals surface area contributed by atoms with Crippen LogP contribution in [0.25, 0.3) is 11.1 Å². The van der Waals surface area contributed by atoms with Crippen molar-refractivity contribution < 1.29 is 17.6 Å². The molecule has 3 rings (SSSR count). The number of benzene rings is 2. The Bertz CT molecular complexity index is 1180. The summed E-state index contributed by atoms with van der Waals surface area (Å²) in [6, 6.07) is 12.3. The lowest BCUT2D eigenvalue weighted by Gasteiger charge is -2.08. The number of sulfonamides is 1. The van der Waals surface area contributed by atoms with Crippen LogP contribution in [-0.2, 0) is 28.3 Å². The van der Waals surface area contributed by atoms with Gasteiger partial charge in [-0.3, -0.25) is 9.36 Å². The molecule has 1 aromatic heterocycles. The van der Waals surface area contributed by atoms with E-state index >= 15 is 0 Å². The number of hydrogen-bond donors (Lipinski definition) is 2. The minimum atomic E-state index is -3.82. The standard InChI is InChI=1S/C20H23N3O5S/c1-14-3-5-15(6-4-14)9-11-21-19(24)10-12-22-29(26,27)16-7-8-17-18(13-16)28-20(25)23(17)2/h3-8,13,22H,9-12H2,1-2H3,(H,21,24). The second-order valence-electron chi connectivity index (χ2n) is 6.79. The first kappa shape index (κ1) is 20.8. The molecule has 0 aliphatic rings. The fourth-order valence-electron chi connectivity index (χ4n) is 2.85. The van der Waals surface area contributed by atoms with Crippen molar-refractivity contribution in [2.24, 2.45) is 7.05 Å². The molecule has 8 nitrogen and oxygen atoms in total. The van der Waals surface area contributed by atoms with E-state index < -0.39 is 15.8 Å². The average Bonchev–Trinajstić information content (AvgIpc) is 2.97. The van der Waals surface area contributed by atoms with Gasteiger partial charge in [-0.25, -0.2) is 17.9 Å². The molecule has 1 amide bonds. The third-order valence-electron chi connectivity index (χ3n) is 4.57. The Morgan fingerprint density at radius 2 is 1.83 bits per heavy atom. The molecule has 3 aromatic rings. The third-order valence-corrected chi connectivity index (χ3v) is 6.03. The molecule has 0 saturated heterocycles. The maximum Gasteiger partial charge on any atom is 0.419 e. The van der Waals surface area contributed by atoms with Gasteiger partial charge in [-0.1, -0.05) is 29.8 Å². The number of aromatic nitrogens is 1. The monoisotopic (exact) mass is 417 g/mol. The van der Waals surface area contributed by atoms with Gasteiger partial charge in [-0.05, 0) is 31.0 Å². The van der Waals surface area contributed by atoms with E-state index in [1.807, 2.05) is 31.2 Å². The Balaban J connectivity index is 1.49. The van der Waals surface area contributed by atoms with Gasteiger partial charge in [-0.15, -0.1) is 0 Å². The summed E-state index contributed by atoms with van der Waals surface area (Å²) in [6.07, 6.45) is 0.732. The van der Waals surface area contributed by atoms with Gasteiger partial charge >= 0.3 is 5.76 Å². The van der Waals surface area contributed by atoms with Crippen LogP contribution in [0, 0.1) is 6.92 Å². The Labute approximate surface area is 168 Å². The second-order valence-corrected chi connectivity index (χ2v) is 8.56. The number of fused-ring (bicyclic) bond motifs is 1. The van der Waals surface area contributed by atoms with Crippen LogP contribution in [-0.4, -0.2) is 32.0 Å². The highest BCUT2D eigenvalue weighted by Gasteiger charge is 2.17. The zero-order chi connectivity index (χ0) is 21.0. The summed E-state index contributed by atoms with van der Waals surface area (Å²) in [5.74, 6) is -0.797. The van der Waals surface area contributed by atoms with Crippen LogP contribution in [0.5, 0.6) is 0 Å².